The Bertz CT molecular complexity index is 582. The highest BCUT2D eigenvalue weighted by atomic mass is 32.1. The van der Waals surface area contributed by atoms with Crippen molar-refractivity contribution in [1.29, 1.82) is 0 Å². The summed E-state index contributed by atoms with van der Waals surface area (Å²) in [5.74, 6) is -1.79. The van der Waals surface area contributed by atoms with Crippen molar-refractivity contribution in [2.75, 3.05) is 0 Å². The van der Waals surface area contributed by atoms with Crippen LogP contribution in [0.15, 0.2) is 17.2 Å². The number of hydrogen-bond donors (Lipinski definition) is 4. The van der Waals surface area contributed by atoms with Crippen molar-refractivity contribution < 1.29 is 24.6 Å². The number of rotatable bonds is 9. The molecule has 1 rings (SSSR count). The number of aliphatic carboxylic acids is 2. The average Bonchev–Trinajstić information content (AvgIpc) is 2.84. The van der Waals surface area contributed by atoms with Crippen molar-refractivity contribution in [3.05, 3.63) is 21.9 Å². The number of primary amides is 1. The summed E-state index contributed by atoms with van der Waals surface area (Å²) in [5, 5.41) is 21.3. The number of carboxylic acid groups (broad SMARTS) is 2. The summed E-state index contributed by atoms with van der Waals surface area (Å²) in [6.45, 7) is 0. The van der Waals surface area contributed by atoms with Gasteiger partial charge in [0.25, 0.3) is 0 Å². The number of urea groups is 1. The Morgan fingerprint density at radius 2 is 1.82 bits per heavy atom. The van der Waals surface area contributed by atoms with Gasteiger partial charge in [0.05, 0.1) is 17.0 Å². The maximum Gasteiger partial charge on any atom is 0.332 e. The Morgan fingerprint density at radius 3 is 2.41 bits per heavy atom. The van der Waals surface area contributed by atoms with Crippen molar-refractivity contribution >= 4 is 35.0 Å². The molecule has 0 radical (unpaired) electrons. The molecule has 1 heterocycles. The molecule has 0 spiro atoms. The Balaban J connectivity index is 2.74. The first kappa shape index (κ1) is 17.6. The number of carbonyl (C=O) groups is 3. The number of nitrogens with two attached hydrogens (primary N) is 1. The number of amides is 2. The van der Waals surface area contributed by atoms with Crippen LogP contribution in [0.3, 0.4) is 0 Å². The normalized spacial score (nSPS) is 11.2. The average molecular weight is 327 g/mol. The molecule has 8 nitrogen and oxygen atoms in total. The van der Waals surface area contributed by atoms with E-state index in [4.69, 9.17) is 15.9 Å². The fourth-order valence-electron chi connectivity index (χ4n) is 1.70. The van der Waals surface area contributed by atoms with E-state index in [2.05, 4.69) is 10.5 Å². The van der Waals surface area contributed by atoms with Crippen LogP contribution in [0.2, 0.25) is 0 Å². The molecule has 1 aromatic heterocycles. The van der Waals surface area contributed by atoms with E-state index < -0.39 is 18.0 Å². The summed E-state index contributed by atoms with van der Waals surface area (Å²) in [4.78, 5) is 33.3. The molecule has 120 valence electrons. The van der Waals surface area contributed by atoms with Gasteiger partial charge in [-0.25, -0.2) is 10.2 Å². The number of carboxylic acids is 2. The topological polar surface area (TPSA) is 142 Å². The van der Waals surface area contributed by atoms with E-state index in [0.717, 1.165) is 4.88 Å². The van der Waals surface area contributed by atoms with Crippen LogP contribution in [0.25, 0.3) is 0 Å². The standard InChI is InChI=1S/C13H17N3O5S/c14-13(21)16-15-9(3-1-2-4-11(17)18)10-6-5-8(22-10)7-12(19)20/h5-6H,1-4,7H2,(H,17,18)(H,19,20)(H3,14,16,21)/b15-9+. The molecular formula is C13H17N3O5S. The first-order valence-corrected chi connectivity index (χ1v) is 7.35. The second-order valence-corrected chi connectivity index (χ2v) is 5.64. The van der Waals surface area contributed by atoms with E-state index >= 15 is 0 Å². The maximum atomic E-state index is 10.8. The lowest BCUT2D eigenvalue weighted by atomic mass is 10.1. The van der Waals surface area contributed by atoms with E-state index in [1.165, 1.54) is 11.3 Å². The quantitative estimate of drug-likeness (QED) is 0.308. The predicted octanol–water partition coefficient (Wildman–Crippen LogP) is 1.39. The lowest BCUT2D eigenvalue weighted by Gasteiger charge is -2.04. The largest absolute Gasteiger partial charge is 0.481 e. The van der Waals surface area contributed by atoms with Gasteiger partial charge in [0.15, 0.2) is 0 Å². The third kappa shape index (κ3) is 6.84. The zero-order valence-electron chi connectivity index (χ0n) is 11.7. The fourth-order valence-corrected chi connectivity index (χ4v) is 2.72. The molecule has 0 aromatic carbocycles. The number of hydrazone groups is 1. The Hall–Kier alpha value is -2.42. The van der Waals surface area contributed by atoms with Gasteiger partial charge in [-0.3, -0.25) is 9.59 Å². The summed E-state index contributed by atoms with van der Waals surface area (Å²) >= 11 is 1.27. The van der Waals surface area contributed by atoms with Gasteiger partial charge in [-0.2, -0.15) is 5.10 Å². The monoisotopic (exact) mass is 327 g/mol. The van der Waals surface area contributed by atoms with Crippen molar-refractivity contribution in [1.82, 2.24) is 5.43 Å². The van der Waals surface area contributed by atoms with Crippen molar-refractivity contribution in [2.24, 2.45) is 10.8 Å². The van der Waals surface area contributed by atoms with Crippen LogP contribution in [0.1, 0.15) is 35.4 Å². The van der Waals surface area contributed by atoms with E-state index in [1.54, 1.807) is 12.1 Å². The number of unbranched alkanes of at least 4 members (excludes halogenated alkanes) is 1. The van der Waals surface area contributed by atoms with Gasteiger partial charge in [0, 0.05) is 11.3 Å². The first-order valence-electron chi connectivity index (χ1n) is 6.53. The number of nitrogens with one attached hydrogen (secondary N) is 1. The third-order valence-electron chi connectivity index (χ3n) is 2.63. The molecule has 0 aliphatic carbocycles. The third-order valence-corrected chi connectivity index (χ3v) is 3.76. The molecule has 0 bridgehead atoms. The Labute approximate surface area is 130 Å². The Morgan fingerprint density at radius 1 is 1.14 bits per heavy atom. The van der Waals surface area contributed by atoms with E-state index in [-0.39, 0.29) is 12.8 Å². The number of thiophene rings is 1. The molecule has 0 saturated carbocycles. The van der Waals surface area contributed by atoms with Crippen LogP contribution < -0.4 is 11.2 Å². The molecule has 0 unspecified atom stereocenters. The van der Waals surface area contributed by atoms with Crippen LogP contribution in [0.5, 0.6) is 0 Å². The van der Waals surface area contributed by atoms with Crippen LogP contribution in [0.4, 0.5) is 4.79 Å². The van der Waals surface area contributed by atoms with Gasteiger partial charge in [0.1, 0.15) is 0 Å². The molecule has 5 N–H and O–H groups in total. The van der Waals surface area contributed by atoms with Gasteiger partial charge < -0.3 is 15.9 Å². The second-order valence-electron chi connectivity index (χ2n) is 4.47. The number of carbonyl (C=O) groups excluding carboxylic acids is 1. The molecule has 0 saturated heterocycles. The van der Waals surface area contributed by atoms with E-state index in [0.29, 0.717) is 29.9 Å². The molecule has 1 aromatic rings. The van der Waals surface area contributed by atoms with Crippen LogP contribution >= 0.6 is 11.3 Å². The minimum absolute atomic E-state index is 0.0607. The summed E-state index contributed by atoms with van der Waals surface area (Å²) in [7, 11) is 0. The van der Waals surface area contributed by atoms with E-state index in [1.807, 2.05) is 0 Å². The zero-order chi connectivity index (χ0) is 16.5. The minimum Gasteiger partial charge on any atom is -0.481 e. The van der Waals surface area contributed by atoms with Crippen LogP contribution in [0, 0.1) is 0 Å². The number of nitrogens with zero attached hydrogens (tertiary/aromatic N) is 1. The molecule has 9 heteroatoms. The van der Waals surface area contributed by atoms with Crippen molar-refractivity contribution in [3.8, 4) is 0 Å². The summed E-state index contributed by atoms with van der Waals surface area (Å²) in [6, 6.07) is 2.61. The summed E-state index contributed by atoms with van der Waals surface area (Å²) in [5.41, 5.74) is 7.67. The predicted molar refractivity (Wildman–Crippen MR) is 81.0 cm³/mol. The van der Waals surface area contributed by atoms with E-state index in [9.17, 15) is 14.4 Å². The Kier molecular flexibility index (Phi) is 7.03. The highest BCUT2D eigenvalue weighted by Crippen LogP contribution is 2.20. The minimum atomic E-state index is -0.927. The molecule has 2 amide bonds. The summed E-state index contributed by atoms with van der Waals surface area (Å²) in [6.07, 6.45) is 1.50. The molecular weight excluding hydrogens is 310 g/mol. The lowest BCUT2D eigenvalue weighted by Crippen LogP contribution is -2.25. The van der Waals surface area contributed by atoms with Gasteiger partial charge in [0.2, 0.25) is 0 Å². The molecule has 0 aliphatic heterocycles. The fraction of sp³-hybridized carbons (Fsp3) is 0.385. The number of hydrogen-bond acceptors (Lipinski definition) is 5. The molecule has 0 fully saturated rings. The molecule has 0 atom stereocenters. The first-order chi connectivity index (χ1) is 10.4. The van der Waals surface area contributed by atoms with Crippen molar-refractivity contribution in [2.45, 2.75) is 32.1 Å². The highest BCUT2D eigenvalue weighted by molar-refractivity contribution is 7.14. The van der Waals surface area contributed by atoms with Crippen LogP contribution in [-0.4, -0.2) is 33.9 Å². The van der Waals surface area contributed by atoms with Crippen LogP contribution in [-0.2, 0) is 16.0 Å². The SMILES string of the molecule is NC(=O)N/N=C(\CCCCC(=O)O)c1ccc(CC(=O)O)s1. The zero-order valence-corrected chi connectivity index (χ0v) is 12.6. The maximum absolute atomic E-state index is 10.8. The summed E-state index contributed by atoms with van der Waals surface area (Å²) < 4.78 is 0. The smallest absolute Gasteiger partial charge is 0.332 e. The van der Waals surface area contributed by atoms with Crippen molar-refractivity contribution in [3.63, 3.8) is 0 Å². The van der Waals surface area contributed by atoms with Gasteiger partial charge in [-0.15, -0.1) is 11.3 Å². The van der Waals surface area contributed by atoms with Gasteiger partial charge >= 0.3 is 18.0 Å². The van der Waals surface area contributed by atoms with Gasteiger partial charge in [-0.1, -0.05) is 0 Å². The second kappa shape index (κ2) is 8.78. The highest BCUT2D eigenvalue weighted by Gasteiger charge is 2.11. The molecule has 0 aliphatic rings. The lowest BCUT2D eigenvalue weighted by molar-refractivity contribution is -0.137. The molecule has 22 heavy (non-hydrogen) atoms. The van der Waals surface area contributed by atoms with Gasteiger partial charge in [-0.05, 0) is 31.4 Å².